The Morgan fingerprint density at radius 1 is 1.19 bits per heavy atom. The molecule has 2 N–H and O–H groups in total. The van der Waals surface area contributed by atoms with Crippen LogP contribution < -0.4 is 5.32 Å². The van der Waals surface area contributed by atoms with Gasteiger partial charge in [-0.2, -0.15) is 0 Å². The summed E-state index contributed by atoms with van der Waals surface area (Å²) in [5.41, 5.74) is 0. The molecule has 4 heteroatoms. The summed E-state index contributed by atoms with van der Waals surface area (Å²) in [5.74, 6) is 1.17. The highest BCUT2D eigenvalue weighted by Gasteiger charge is 2.26. The van der Waals surface area contributed by atoms with Crippen molar-refractivity contribution in [1.29, 1.82) is 0 Å². The van der Waals surface area contributed by atoms with Crippen molar-refractivity contribution in [1.82, 2.24) is 10.2 Å². The lowest BCUT2D eigenvalue weighted by molar-refractivity contribution is 0.132. The normalized spacial score (nSPS) is 23.9. The molecule has 0 radical (unpaired) electrons. The van der Waals surface area contributed by atoms with E-state index in [4.69, 9.17) is 0 Å². The van der Waals surface area contributed by atoms with Crippen LogP contribution in [0.25, 0.3) is 0 Å². The lowest BCUT2D eigenvalue weighted by atomic mass is 9.86. The summed E-state index contributed by atoms with van der Waals surface area (Å²) in [6.07, 6.45) is 7.53. The monoisotopic (exact) mass is 298 g/mol. The third kappa shape index (κ3) is 6.68. The minimum Gasteiger partial charge on any atom is -0.396 e. The van der Waals surface area contributed by atoms with Gasteiger partial charge in [0, 0.05) is 25.7 Å². The van der Waals surface area contributed by atoms with E-state index in [0.717, 1.165) is 38.0 Å². The van der Waals surface area contributed by atoms with Crippen molar-refractivity contribution in [3.8, 4) is 0 Å². The Kier molecular flexibility index (Phi) is 8.09. The zero-order chi connectivity index (χ0) is 15.8. The third-order valence-electron chi connectivity index (χ3n) is 4.73. The Morgan fingerprint density at radius 2 is 1.81 bits per heavy atom. The maximum Gasteiger partial charge on any atom is 0.317 e. The molecule has 0 aromatic heterocycles. The van der Waals surface area contributed by atoms with Crippen LogP contribution in [0.2, 0.25) is 0 Å². The molecule has 21 heavy (non-hydrogen) atoms. The number of hydrogen-bond acceptors (Lipinski definition) is 2. The number of carbonyl (C=O) groups excluding carboxylic acids is 1. The Morgan fingerprint density at radius 3 is 2.33 bits per heavy atom. The molecule has 1 aliphatic rings. The zero-order valence-corrected chi connectivity index (χ0v) is 14.3. The largest absolute Gasteiger partial charge is 0.396 e. The number of nitrogens with zero attached hydrogens (tertiary/aromatic N) is 1. The second kappa shape index (κ2) is 9.29. The van der Waals surface area contributed by atoms with Crippen LogP contribution in [0, 0.1) is 11.8 Å². The van der Waals surface area contributed by atoms with Crippen LogP contribution in [0.3, 0.4) is 0 Å². The average molecular weight is 298 g/mol. The van der Waals surface area contributed by atoms with E-state index in [0.29, 0.717) is 12.0 Å². The highest BCUT2D eigenvalue weighted by molar-refractivity contribution is 5.74. The van der Waals surface area contributed by atoms with Gasteiger partial charge < -0.3 is 15.3 Å². The van der Waals surface area contributed by atoms with E-state index in [1.165, 1.54) is 12.8 Å². The van der Waals surface area contributed by atoms with Crippen molar-refractivity contribution < 1.29 is 9.90 Å². The summed E-state index contributed by atoms with van der Waals surface area (Å²) in [5, 5.41) is 12.3. The minimum absolute atomic E-state index is 0.0551. The first kappa shape index (κ1) is 18.3. The van der Waals surface area contributed by atoms with Gasteiger partial charge >= 0.3 is 6.03 Å². The maximum absolute atomic E-state index is 12.3. The zero-order valence-electron chi connectivity index (χ0n) is 14.3. The van der Waals surface area contributed by atoms with E-state index in [9.17, 15) is 9.90 Å². The number of aliphatic hydroxyl groups excluding tert-OH is 1. The first-order valence-electron chi connectivity index (χ1n) is 8.58. The van der Waals surface area contributed by atoms with Crippen LogP contribution in [0.5, 0.6) is 0 Å². The van der Waals surface area contributed by atoms with E-state index in [1.807, 2.05) is 11.9 Å². The fraction of sp³-hybridized carbons (Fsp3) is 0.941. The van der Waals surface area contributed by atoms with Gasteiger partial charge in [-0.15, -0.1) is 0 Å². The van der Waals surface area contributed by atoms with E-state index in [-0.39, 0.29) is 18.7 Å². The Hall–Kier alpha value is -0.770. The third-order valence-corrected chi connectivity index (χ3v) is 4.73. The van der Waals surface area contributed by atoms with E-state index in [2.05, 4.69) is 26.1 Å². The van der Waals surface area contributed by atoms with Crippen LogP contribution in [-0.4, -0.2) is 41.8 Å². The number of rotatable bonds is 7. The van der Waals surface area contributed by atoms with Gasteiger partial charge in [0.05, 0.1) is 0 Å². The number of carbonyl (C=O) groups is 1. The van der Waals surface area contributed by atoms with Gasteiger partial charge in [-0.25, -0.2) is 4.79 Å². The second-order valence-electron chi connectivity index (χ2n) is 7.14. The first-order valence-corrected chi connectivity index (χ1v) is 8.58. The number of hydrogen-bond donors (Lipinski definition) is 2. The highest BCUT2D eigenvalue weighted by Crippen LogP contribution is 2.26. The van der Waals surface area contributed by atoms with E-state index < -0.39 is 0 Å². The molecule has 1 aliphatic carbocycles. The Labute approximate surface area is 130 Å². The predicted octanol–water partition coefficient (Wildman–Crippen LogP) is 3.39. The van der Waals surface area contributed by atoms with Crippen molar-refractivity contribution >= 4 is 6.03 Å². The van der Waals surface area contributed by atoms with Gasteiger partial charge in [-0.05, 0) is 50.9 Å². The SMILES string of the molecule is CC(C)CCCC(C)NC(=O)N(C)C1CCC(CO)CC1. The van der Waals surface area contributed by atoms with Crippen LogP contribution >= 0.6 is 0 Å². The molecular weight excluding hydrogens is 264 g/mol. The standard InChI is InChI=1S/C17H34N2O2/c1-13(2)6-5-7-14(3)18-17(21)19(4)16-10-8-15(12-20)9-11-16/h13-16,20H,5-12H2,1-4H3,(H,18,21). The van der Waals surface area contributed by atoms with Crippen molar-refractivity contribution in [3.63, 3.8) is 0 Å². The molecule has 0 bridgehead atoms. The van der Waals surface area contributed by atoms with Gasteiger partial charge in [0.2, 0.25) is 0 Å². The molecule has 0 spiro atoms. The summed E-state index contributed by atoms with van der Waals surface area (Å²) in [6, 6.07) is 0.627. The Bertz CT molecular complexity index is 299. The number of amides is 2. The quantitative estimate of drug-likeness (QED) is 0.757. The second-order valence-corrected chi connectivity index (χ2v) is 7.14. The molecular formula is C17H34N2O2. The number of urea groups is 1. The molecule has 1 atom stereocenters. The van der Waals surface area contributed by atoms with Crippen molar-refractivity contribution in [2.24, 2.45) is 11.8 Å². The molecule has 0 aromatic carbocycles. The minimum atomic E-state index is 0.0551. The van der Waals surface area contributed by atoms with Crippen molar-refractivity contribution in [3.05, 3.63) is 0 Å². The molecule has 1 saturated carbocycles. The lowest BCUT2D eigenvalue weighted by Gasteiger charge is -2.34. The average Bonchev–Trinajstić information content (AvgIpc) is 2.46. The van der Waals surface area contributed by atoms with Gasteiger partial charge in [-0.1, -0.05) is 26.7 Å². The molecule has 1 unspecified atom stereocenters. The number of nitrogens with one attached hydrogen (secondary N) is 1. The summed E-state index contributed by atoms with van der Waals surface area (Å²) < 4.78 is 0. The molecule has 1 fully saturated rings. The molecule has 0 aromatic rings. The summed E-state index contributed by atoms with van der Waals surface area (Å²) >= 11 is 0. The van der Waals surface area contributed by atoms with E-state index in [1.54, 1.807) is 0 Å². The first-order chi connectivity index (χ1) is 9.93. The summed E-state index contributed by atoms with van der Waals surface area (Å²) in [4.78, 5) is 14.1. The predicted molar refractivity (Wildman–Crippen MR) is 87.3 cm³/mol. The summed E-state index contributed by atoms with van der Waals surface area (Å²) in [7, 11) is 1.90. The van der Waals surface area contributed by atoms with Gasteiger partial charge in [0.1, 0.15) is 0 Å². The lowest BCUT2D eigenvalue weighted by Crippen LogP contribution is -2.47. The molecule has 0 heterocycles. The highest BCUT2D eigenvalue weighted by atomic mass is 16.3. The van der Waals surface area contributed by atoms with Crippen LogP contribution in [0.15, 0.2) is 0 Å². The van der Waals surface area contributed by atoms with Crippen LogP contribution in [-0.2, 0) is 0 Å². The molecule has 1 rings (SSSR count). The smallest absolute Gasteiger partial charge is 0.317 e. The van der Waals surface area contributed by atoms with Gasteiger partial charge in [0.25, 0.3) is 0 Å². The topological polar surface area (TPSA) is 52.6 Å². The fourth-order valence-corrected chi connectivity index (χ4v) is 3.10. The molecule has 4 nitrogen and oxygen atoms in total. The van der Waals surface area contributed by atoms with Crippen molar-refractivity contribution in [2.75, 3.05) is 13.7 Å². The maximum atomic E-state index is 12.3. The van der Waals surface area contributed by atoms with Gasteiger partial charge in [0.15, 0.2) is 0 Å². The van der Waals surface area contributed by atoms with Gasteiger partial charge in [-0.3, -0.25) is 0 Å². The fourth-order valence-electron chi connectivity index (χ4n) is 3.10. The molecule has 124 valence electrons. The molecule has 2 amide bonds. The van der Waals surface area contributed by atoms with E-state index >= 15 is 0 Å². The molecule has 0 saturated heterocycles. The Balaban J connectivity index is 2.27. The number of aliphatic hydroxyl groups is 1. The van der Waals surface area contributed by atoms with Crippen LogP contribution in [0.4, 0.5) is 4.79 Å². The van der Waals surface area contributed by atoms with Crippen LogP contribution in [0.1, 0.15) is 65.7 Å². The molecule has 0 aliphatic heterocycles. The summed E-state index contributed by atoms with van der Waals surface area (Å²) in [6.45, 7) is 6.85. The van der Waals surface area contributed by atoms with Crippen molar-refractivity contribution in [2.45, 2.75) is 77.8 Å².